The summed E-state index contributed by atoms with van der Waals surface area (Å²) in [7, 11) is 0. The van der Waals surface area contributed by atoms with Gasteiger partial charge in [-0.05, 0) is 25.5 Å². The van der Waals surface area contributed by atoms with Crippen LogP contribution in [-0.2, 0) is 0 Å². The Balaban J connectivity index is 2.51. The molecule has 0 saturated heterocycles. The number of aliphatic hydroxyl groups is 1. The molecule has 0 heterocycles. The molecule has 1 aromatic rings. The van der Waals surface area contributed by atoms with E-state index >= 15 is 0 Å². The van der Waals surface area contributed by atoms with Crippen LogP contribution in [-0.4, -0.2) is 23.7 Å². The molecule has 1 rings (SSSR count). The van der Waals surface area contributed by atoms with Gasteiger partial charge in [0.05, 0.1) is 0 Å². The van der Waals surface area contributed by atoms with Crippen molar-refractivity contribution in [3.05, 3.63) is 35.9 Å². The second kappa shape index (κ2) is 5.40. The molecule has 0 aromatic heterocycles. The number of hydrogen-bond acceptors (Lipinski definition) is 2. The maximum absolute atomic E-state index is 11.5. The third-order valence-electron chi connectivity index (χ3n) is 1.98. The van der Waals surface area contributed by atoms with E-state index in [0.717, 1.165) is 0 Å². The Morgan fingerprint density at radius 3 is 2.64 bits per heavy atom. The van der Waals surface area contributed by atoms with Crippen LogP contribution in [0.4, 0.5) is 0 Å². The summed E-state index contributed by atoms with van der Waals surface area (Å²) < 4.78 is 0. The summed E-state index contributed by atoms with van der Waals surface area (Å²) in [6.07, 6.45) is 0.582. The second-order valence-electron chi connectivity index (χ2n) is 3.25. The Morgan fingerprint density at radius 2 is 2.07 bits per heavy atom. The molecule has 0 unspecified atom stereocenters. The lowest BCUT2D eigenvalue weighted by molar-refractivity contribution is 0.0934. The smallest absolute Gasteiger partial charge is 0.251 e. The Labute approximate surface area is 83.8 Å². The van der Waals surface area contributed by atoms with Gasteiger partial charge in [-0.1, -0.05) is 18.2 Å². The SMILES string of the molecule is C[C@@H](CCO)NC(=O)c1ccccc1. The monoisotopic (exact) mass is 193 g/mol. The van der Waals surface area contributed by atoms with E-state index in [2.05, 4.69) is 5.32 Å². The molecule has 1 amide bonds. The average Bonchev–Trinajstić information content (AvgIpc) is 2.19. The van der Waals surface area contributed by atoms with Gasteiger partial charge in [-0.25, -0.2) is 0 Å². The standard InChI is InChI=1S/C11H15NO2/c1-9(7-8-13)12-11(14)10-5-3-2-4-6-10/h2-6,9,13H,7-8H2,1H3,(H,12,14)/t9-/m0/s1. The highest BCUT2D eigenvalue weighted by molar-refractivity contribution is 5.94. The van der Waals surface area contributed by atoms with Crippen molar-refractivity contribution in [3.8, 4) is 0 Å². The lowest BCUT2D eigenvalue weighted by atomic mass is 10.2. The predicted molar refractivity (Wildman–Crippen MR) is 55.1 cm³/mol. The third kappa shape index (κ3) is 3.18. The molecule has 14 heavy (non-hydrogen) atoms. The van der Waals surface area contributed by atoms with Crippen molar-refractivity contribution >= 4 is 5.91 Å². The molecule has 0 saturated carbocycles. The van der Waals surface area contributed by atoms with Crippen LogP contribution in [0.15, 0.2) is 30.3 Å². The first-order valence-electron chi connectivity index (χ1n) is 4.71. The molecule has 3 heteroatoms. The van der Waals surface area contributed by atoms with E-state index in [0.29, 0.717) is 12.0 Å². The van der Waals surface area contributed by atoms with Crippen molar-refractivity contribution in [1.82, 2.24) is 5.32 Å². The fraction of sp³-hybridized carbons (Fsp3) is 0.364. The lowest BCUT2D eigenvalue weighted by Crippen LogP contribution is -2.33. The van der Waals surface area contributed by atoms with Crippen molar-refractivity contribution in [2.24, 2.45) is 0 Å². The number of amides is 1. The van der Waals surface area contributed by atoms with E-state index in [9.17, 15) is 4.79 Å². The minimum Gasteiger partial charge on any atom is -0.396 e. The molecule has 0 bridgehead atoms. The molecular weight excluding hydrogens is 178 g/mol. The van der Waals surface area contributed by atoms with Crippen LogP contribution in [0, 0.1) is 0 Å². The fourth-order valence-electron chi connectivity index (χ4n) is 1.16. The summed E-state index contributed by atoms with van der Waals surface area (Å²) in [4.78, 5) is 11.5. The summed E-state index contributed by atoms with van der Waals surface area (Å²) in [5.41, 5.74) is 0.650. The minimum absolute atomic E-state index is 0.00714. The van der Waals surface area contributed by atoms with Crippen molar-refractivity contribution in [1.29, 1.82) is 0 Å². The van der Waals surface area contributed by atoms with Crippen LogP contribution < -0.4 is 5.32 Å². The quantitative estimate of drug-likeness (QED) is 0.754. The van der Waals surface area contributed by atoms with Crippen molar-refractivity contribution < 1.29 is 9.90 Å². The highest BCUT2D eigenvalue weighted by atomic mass is 16.3. The zero-order valence-electron chi connectivity index (χ0n) is 8.23. The van der Waals surface area contributed by atoms with Gasteiger partial charge in [0.2, 0.25) is 0 Å². The molecule has 0 aliphatic heterocycles. The molecule has 76 valence electrons. The second-order valence-corrected chi connectivity index (χ2v) is 3.25. The van der Waals surface area contributed by atoms with Gasteiger partial charge in [-0.15, -0.1) is 0 Å². The Bertz CT molecular complexity index is 285. The molecule has 0 aliphatic rings. The average molecular weight is 193 g/mol. The van der Waals surface area contributed by atoms with Crippen molar-refractivity contribution in [2.75, 3.05) is 6.61 Å². The van der Waals surface area contributed by atoms with E-state index in [1.165, 1.54) is 0 Å². The highest BCUT2D eigenvalue weighted by Crippen LogP contribution is 1.99. The molecule has 0 spiro atoms. The predicted octanol–water partition coefficient (Wildman–Crippen LogP) is 1.19. The number of carbonyl (C=O) groups is 1. The number of aliphatic hydroxyl groups excluding tert-OH is 1. The molecule has 2 N–H and O–H groups in total. The van der Waals surface area contributed by atoms with Gasteiger partial charge in [-0.2, -0.15) is 0 Å². The van der Waals surface area contributed by atoms with Gasteiger partial charge >= 0.3 is 0 Å². The molecule has 3 nitrogen and oxygen atoms in total. The van der Waals surface area contributed by atoms with Crippen LogP contribution in [0.3, 0.4) is 0 Å². The Hall–Kier alpha value is -1.35. The van der Waals surface area contributed by atoms with Gasteiger partial charge in [0.1, 0.15) is 0 Å². The van der Waals surface area contributed by atoms with Crippen LogP contribution >= 0.6 is 0 Å². The van der Waals surface area contributed by atoms with Crippen LogP contribution in [0.5, 0.6) is 0 Å². The van der Waals surface area contributed by atoms with Crippen molar-refractivity contribution in [3.63, 3.8) is 0 Å². The third-order valence-corrected chi connectivity index (χ3v) is 1.98. The van der Waals surface area contributed by atoms with Crippen LogP contribution in [0.25, 0.3) is 0 Å². The van der Waals surface area contributed by atoms with Gasteiger partial charge in [0.15, 0.2) is 0 Å². The Kier molecular flexibility index (Phi) is 4.13. The summed E-state index contributed by atoms with van der Waals surface area (Å²) in [6, 6.07) is 9.06. The topological polar surface area (TPSA) is 49.3 Å². The number of carbonyl (C=O) groups excluding carboxylic acids is 1. The van der Waals surface area contributed by atoms with Crippen LogP contribution in [0.1, 0.15) is 23.7 Å². The molecule has 0 radical (unpaired) electrons. The number of nitrogens with one attached hydrogen (secondary N) is 1. The van der Waals surface area contributed by atoms with E-state index in [1.54, 1.807) is 12.1 Å². The first-order valence-corrected chi connectivity index (χ1v) is 4.71. The van der Waals surface area contributed by atoms with Gasteiger partial charge < -0.3 is 10.4 Å². The molecule has 0 aliphatic carbocycles. The fourth-order valence-corrected chi connectivity index (χ4v) is 1.16. The first kappa shape index (κ1) is 10.7. The van der Waals surface area contributed by atoms with Gasteiger partial charge in [-0.3, -0.25) is 4.79 Å². The maximum Gasteiger partial charge on any atom is 0.251 e. The normalized spacial score (nSPS) is 12.1. The number of benzene rings is 1. The molecule has 1 aromatic carbocycles. The molecule has 1 atom stereocenters. The van der Waals surface area contributed by atoms with Crippen molar-refractivity contribution in [2.45, 2.75) is 19.4 Å². The van der Waals surface area contributed by atoms with E-state index in [-0.39, 0.29) is 18.6 Å². The summed E-state index contributed by atoms with van der Waals surface area (Å²) >= 11 is 0. The minimum atomic E-state index is -0.0912. The number of rotatable bonds is 4. The maximum atomic E-state index is 11.5. The van der Waals surface area contributed by atoms with E-state index < -0.39 is 0 Å². The lowest BCUT2D eigenvalue weighted by Gasteiger charge is -2.11. The zero-order valence-corrected chi connectivity index (χ0v) is 8.23. The summed E-state index contributed by atoms with van der Waals surface area (Å²) in [5, 5.41) is 11.5. The van der Waals surface area contributed by atoms with Crippen LogP contribution in [0.2, 0.25) is 0 Å². The Morgan fingerprint density at radius 1 is 1.43 bits per heavy atom. The first-order chi connectivity index (χ1) is 6.74. The molecule has 0 fully saturated rings. The number of hydrogen-bond donors (Lipinski definition) is 2. The highest BCUT2D eigenvalue weighted by Gasteiger charge is 2.07. The summed E-state index contributed by atoms with van der Waals surface area (Å²) in [6.45, 7) is 1.97. The van der Waals surface area contributed by atoms with E-state index in [4.69, 9.17) is 5.11 Å². The molecular formula is C11H15NO2. The summed E-state index contributed by atoms with van der Waals surface area (Å²) in [5.74, 6) is -0.0912. The van der Waals surface area contributed by atoms with Gasteiger partial charge in [0, 0.05) is 18.2 Å². The zero-order chi connectivity index (χ0) is 10.4. The van der Waals surface area contributed by atoms with Gasteiger partial charge in [0.25, 0.3) is 5.91 Å². The largest absolute Gasteiger partial charge is 0.396 e. The van der Waals surface area contributed by atoms with E-state index in [1.807, 2.05) is 25.1 Å².